The van der Waals surface area contributed by atoms with Crippen LogP contribution in [0.5, 0.6) is 5.75 Å². The summed E-state index contributed by atoms with van der Waals surface area (Å²) in [6.45, 7) is 3.92. The highest BCUT2D eigenvalue weighted by Gasteiger charge is 2.18. The number of hydrogen-bond acceptors (Lipinski definition) is 3. The summed E-state index contributed by atoms with van der Waals surface area (Å²) in [6.07, 6.45) is 1.78. The number of benzene rings is 1. The number of phenols is 1. The molecule has 0 spiro atoms. The number of nitrogens with zero attached hydrogens (tertiary/aromatic N) is 1. The van der Waals surface area contributed by atoms with Crippen molar-refractivity contribution in [2.75, 3.05) is 5.75 Å². The lowest BCUT2D eigenvalue weighted by atomic mass is 10.0. The molecule has 1 aromatic carbocycles. The maximum Gasteiger partial charge on any atom is 0.326 e. The zero-order chi connectivity index (χ0) is 15.0. The number of nitrogens with one attached hydrogen (secondary N) is 1. The van der Waals surface area contributed by atoms with Crippen LogP contribution in [0, 0.1) is 6.92 Å². The molecule has 3 rings (SSSR count). The maximum atomic E-state index is 10.2. The number of phenolic OH excluding ortho intramolecular Hbond substituents is 1. The number of aromatic hydroxyl groups is 1. The van der Waals surface area contributed by atoms with Gasteiger partial charge in [0, 0.05) is 22.9 Å². The molecule has 0 unspecified atom stereocenters. The lowest BCUT2D eigenvalue weighted by molar-refractivity contribution is -0.889. The van der Waals surface area contributed by atoms with E-state index in [2.05, 4.69) is 11.9 Å². The highest BCUT2D eigenvalue weighted by molar-refractivity contribution is 7.99. The van der Waals surface area contributed by atoms with E-state index >= 15 is 0 Å². The first-order valence-corrected chi connectivity index (χ1v) is 7.78. The zero-order valence-corrected chi connectivity index (χ0v) is 12.7. The molecule has 0 saturated heterocycles. The summed E-state index contributed by atoms with van der Waals surface area (Å²) in [6, 6.07) is 9.42. The summed E-state index contributed by atoms with van der Waals surface area (Å²) in [5.74, 6) is 1.22. The van der Waals surface area contributed by atoms with Gasteiger partial charge >= 0.3 is 5.65 Å². The molecule has 3 aromatic rings. The molecular formula is C16H17N2O2S+. The van der Waals surface area contributed by atoms with Gasteiger partial charge in [-0.25, -0.2) is 4.98 Å². The average Bonchev–Trinajstić information content (AvgIpc) is 2.95. The lowest BCUT2D eigenvalue weighted by Crippen LogP contribution is -2.34. The van der Waals surface area contributed by atoms with Crippen molar-refractivity contribution < 1.29 is 15.0 Å². The molecule has 3 N–H and O–H groups in total. The van der Waals surface area contributed by atoms with Gasteiger partial charge in [-0.3, -0.25) is 0 Å². The summed E-state index contributed by atoms with van der Waals surface area (Å²) >= 11 is 1.73. The van der Waals surface area contributed by atoms with Gasteiger partial charge in [0.15, 0.2) is 0 Å². The van der Waals surface area contributed by atoms with Crippen LogP contribution >= 0.6 is 11.8 Å². The van der Waals surface area contributed by atoms with E-state index in [0.717, 1.165) is 31.9 Å². The minimum Gasteiger partial charge on any atom is -0.507 e. The van der Waals surface area contributed by atoms with Gasteiger partial charge in [-0.15, -0.1) is 11.8 Å². The normalized spacial score (nSPS) is 11.1. The third-order valence-electron chi connectivity index (χ3n) is 3.48. The van der Waals surface area contributed by atoms with E-state index in [1.165, 1.54) is 0 Å². The molecule has 2 heterocycles. The molecule has 4 nitrogen and oxygen atoms in total. The highest BCUT2D eigenvalue weighted by atomic mass is 32.2. The molecule has 2 aromatic heterocycles. The number of aryl methyl sites for hydroxylation is 1. The second-order valence-corrected chi connectivity index (χ2v) is 6.20. The van der Waals surface area contributed by atoms with Crippen LogP contribution in [0.15, 0.2) is 41.4 Å². The van der Waals surface area contributed by atoms with Crippen molar-refractivity contribution in [1.29, 1.82) is 0 Å². The Balaban J connectivity index is 2.27. The number of rotatable bonds is 3. The molecule has 0 saturated carbocycles. The Bertz CT molecular complexity index is 811. The SMILES string of the molecule is CCSc1ccc(O)c(-c2cc(C)[n+](O)c3[nH]ccc23)c1. The average molecular weight is 301 g/mol. The first-order valence-electron chi connectivity index (χ1n) is 6.80. The van der Waals surface area contributed by atoms with E-state index in [9.17, 15) is 10.3 Å². The molecule has 0 aliphatic heterocycles. The predicted octanol–water partition coefficient (Wildman–Crippen LogP) is 3.49. The number of fused-ring (bicyclic) bond motifs is 1. The van der Waals surface area contributed by atoms with Gasteiger partial charge in [-0.1, -0.05) is 6.92 Å². The van der Waals surface area contributed by atoms with Gasteiger partial charge in [-0.2, -0.15) is 0 Å². The van der Waals surface area contributed by atoms with Gasteiger partial charge < -0.3 is 10.3 Å². The van der Waals surface area contributed by atoms with Crippen LogP contribution in [0.2, 0.25) is 0 Å². The Morgan fingerprint density at radius 1 is 1.19 bits per heavy atom. The van der Waals surface area contributed by atoms with Crippen LogP contribution in [-0.2, 0) is 0 Å². The van der Waals surface area contributed by atoms with E-state index in [1.54, 1.807) is 24.0 Å². The largest absolute Gasteiger partial charge is 0.507 e. The molecule has 0 aliphatic rings. The number of pyridine rings is 1. The van der Waals surface area contributed by atoms with Crippen LogP contribution in [0.25, 0.3) is 22.2 Å². The second-order valence-electron chi connectivity index (χ2n) is 4.86. The predicted molar refractivity (Wildman–Crippen MR) is 83.9 cm³/mol. The van der Waals surface area contributed by atoms with E-state index in [-0.39, 0.29) is 5.75 Å². The van der Waals surface area contributed by atoms with Gasteiger partial charge in [0.05, 0.1) is 11.6 Å². The number of aromatic nitrogens is 2. The summed E-state index contributed by atoms with van der Waals surface area (Å²) < 4.78 is 1.13. The third kappa shape index (κ3) is 2.34. The van der Waals surface area contributed by atoms with Gasteiger partial charge in [0.2, 0.25) is 0 Å². The molecule has 0 amide bonds. The minimum atomic E-state index is 0.244. The van der Waals surface area contributed by atoms with Crippen LogP contribution in [-0.4, -0.2) is 21.1 Å². The fourth-order valence-electron chi connectivity index (χ4n) is 2.49. The summed E-state index contributed by atoms with van der Waals surface area (Å²) in [4.78, 5) is 4.14. The fraction of sp³-hybridized carbons (Fsp3) is 0.188. The monoisotopic (exact) mass is 301 g/mol. The van der Waals surface area contributed by atoms with Gasteiger partial charge in [0.1, 0.15) is 11.4 Å². The molecule has 108 valence electrons. The van der Waals surface area contributed by atoms with E-state index in [4.69, 9.17) is 0 Å². The lowest BCUT2D eigenvalue weighted by Gasteiger charge is -2.09. The maximum absolute atomic E-state index is 10.2. The van der Waals surface area contributed by atoms with Crippen molar-refractivity contribution in [3.63, 3.8) is 0 Å². The topological polar surface area (TPSA) is 60.1 Å². The molecule has 0 fully saturated rings. The second kappa shape index (κ2) is 5.33. The number of thioether (sulfide) groups is 1. The highest BCUT2D eigenvalue weighted by Crippen LogP contribution is 2.36. The molecule has 0 atom stereocenters. The summed E-state index contributed by atoms with van der Waals surface area (Å²) in [5.41, 5.74) is 3.01. The van der Waals surface area contributed by atoms with E-state index in [0.29, 0.717) is 11.3 Å². The van der Waals surface area contributed by atoms with Gasteiger partial charge in [-0.05, 0) is 40.8 Å². The molecule has 0 aliphatic carbocycles. The quantitative estimate of drug-likeness (QED) is 0.394. The Morgan fingerprint density at radius 3 is 2.76 bits per heavy atom. The smallest absolute Gasteiger partial charge is 0.326 e. The molecular weight excluding hydrogens is 284 g/mol. The number of H-pyrrole nitrogens is 1. The number of hydrogen-bond donors (Lipinski definition) is 3. The molecule has 5 heteroatoms. The molecule has 21 heavy (non-hydrogen) atoms. The van der Waals surface area contributed by atoms with E-state index in [1.807, 2.05) is 31.2 Å². The standard InChI is InChI=1S/C16H16N2O2S/c1-3-21-11-4-5-15(19)14(9-11)13-8-10(2)18(20)16-12(13)6-7-17-16/h4-9,20H,3H2,1-2H3,(H,17,19)/p+1. The third-order valence-corrected chi connectivity index (χ3v) is 4.36. The summed E-state index contributed by atoms with van der Waals surface area (Å²) in [7, 11) is 0. The van der Waals surface area contributed by atoms with Crippen LogP contribution in [0.4, 0.5) is 0 Å². The van der Waals surface area contributed by atoms with Crippen molar-refractivity contribution in [2.45, 2.75) is 18.7 Å². The van der Waals surface area contributed by atoms with E-state index < -0.39 is 0 Å². The van der Waals surface area contributed by atoms with Crippen molar-refractivity contribution in [3.8, 4) is 16.9 Å². The first-order chi connectivity index (χ1) is 10.1. The Labute approximate surface area is 127 Å². The Kier molecular flexibility index (Phi) is 3.51. The van der Waals surface area contributed by atoms with Crippen molar-refractivity contribution in [2.24, 2.45) is 0 Å². The van der Waals surface area contributed by atoms with Crippen LogP contribution < -0.4 is 4.73 Å². The van der Waals surface area contributed by atoms with Gasteiger partial charge in [0.25, 0.3) is 0 Å². The fourth-order valence-corrected chi connectivity index (χ4v) is 3.19. The minimum absolute atomic E-state index is 0.244. The summed E-state index contributed by atoms with van der Waals surface area (Å²) in [5, 5.41) is 21.1. The Morgan fingerprint density at radius 2 is 2.00 bits per heavy atom. The van der Waals surface area contributed by atoms with Crippen LogP contribution in [0.1, 0.15) is 12.6 Å². The number of aromatic amines is 1. The van der Waals surface area contributed by atoms with Crippen molar-refractivity contribution >= 4 is 22.8 Å². The first kappa shape index (κ1) is 13.8. The Hall–Kier alpha value is -2.14. The van der Waals surface area contributed by atoms with Crippen molar-refractivity contribution in [3.05, 3.63) is 42.2 Å². The molecule has 0 bridgehead atoms. The van der Waals surface area contributed by atoms with Crippen molar-refractivity contribution in [1.82, 2.24) is 4.98 Å². The zero-order valence-electron chi connectivity index (χ0n) is 11.9. The molecule has 0 radical (unpaired) electrons. The van der Waals surface area contributed by atoms with Crippen LogP contribution in [0.3, 0.4) is 0 Å².